The van der Waals surface area contributed by atoms with Crippen molar-refractivity contribution in [3.8, 4) is 113 Å². The number of fused-ring (bicyclic) bond motifs is 12. The molecule has 0 saturated carbocycles. The Hall–Kier alpha value is -15.3. The van der Waals surface area contributed by atoms with E-state index in [2.05, 4.69) is 297 Å². The normalized spacial score (nSPS) is 11.6. The number of aromatic nitrogens is 10. The van der Waals surface area contributed by atoms with E-state index in [0.29, 0.717) is 34.9 Å². The summed E-state index contributed by atoms with van der Waals surface area (Å²) in [6, 6.07) is 141. The van der Waals surface area contributed by atoms with E-state index in [9.17, 15) is 0 Å². The number of nitrogens with zero attached hydrogens (tertiary/aromatic N) is 10. The summed E-state index contributed by atoms with van der Waals surface area (Å²) in [5, 5.41) is 9.81. The fourth-order valence-electron chi connectivity index (χ4n) is 16.3. The number of para-hydroxylation sites is 6. The van der Waals surface area contributed by atoms with Crippen molar-refractivity contribution < 1.29 is 0 Å². The Balaban J connectivity index is 0.000000141. The van der Waals surface area contributed by atoms with Gasteiger partial charge in [-0.2, -0.15) is 0 Å². The molecule has 0 atom stereocenters. The van der Waals surface area contributed by atoms with E-state index in [-0.39, 0.29) is 0 Å². The molecule has 6 heterocycles. The predicted molar refractivity (Wildman–Crippen MR) is 460 cm³/mol. The molecule has 22 aromatic rings. The van der Waals surface area contributed by atoms with E-state index in [4.69, 9.17) is 29.9 Å². The Morgan fingerprint density at radius 2 is 0.357 bits per heavy atom. The van der Waals surface area contributed by atoms with E-state index in [1.165, 1.54) is 81.8 Å². The molecule has 0 aliphatic heterocycles. The van der Waals surface area contributed by atoms with E-state index < -0.39 is 0 Å². The van der Waals surface area contributed by atoms with Crippen LogP contribution in [0.5, 0.6) is 0 Å². The van der Waals surface area contributed by atoms with E-state index in [1.807, 2.05) is 121 Å². The number of rotatable bonds is 12. The van der Waals surface area contributed by atoms with Gasteiger partial charge in [-0.3, -0.25) is 0 Å². The molecule has 0 aliphatic carbocycles. The molecule has 524 valence electrons. The van der Waals surface area contributed by atoms with Gasteiger partial charge < -0.3 is 18.3 Å². The molecule has 0 radical (unpaired) electrons. The minimum Gasteiger partial charge on any atom is -0.309 e. The maximum absolute atomic E-state index is 5.03. The summed E-state index contributed by atoms with van der Waals surface area (Å²) in [5.41, 5.74) is 24.2. The summed E-state index contributed by atoms with van der Waals surface area (Å²) in [6.07, 6.45) is 0. The molecule has 22 rings (SSSR count). The molecule has 0 spiro atoms. The molecule has 0 bridgehead atoms. The van der Waals surface area contributed by atoms with Gasteiger partial charge in [0.25, 0.3) is 0 Å². The van der Waals surface area contributed by atoms with Crippen molar-refractivity contribution >= 4 is 87.2 Å². The predicted octanol–water partition coefficient (Wildman–Crippen LogP) is 25.5. The van der Waals surface area contributed by atoms with Gasteiger partial charge >= 0.3 is 0 Å². The smallest absolute Gasteiger partial charge is 0.164 e. The Morgan fingerprint density at radius 3 is 0.723 bits per heavy atom. The first-order valence-corrected chi connectivity index (χ1v) is 37.7. The molecule has 0 aliphatic rings. The number of hydrogen-bond acceptors (Lipinski definition) is 6. The number of hydrogen-bond donors (Lipinski definition) is 0. The number of benzene rings is 16. The van der Waals surface area contributed by atoms with Crippen LogP contribution >= 0.6 is 0 Å². The Bertz CT molecular complexity index is 7220. The first-order chi connectivity index (χ1) is 55.5. The van der Waals surface area contributed by atoms with Crippen LogP contribution in [-0.2, 0) is 0 Å². The molecule has 6 aromatic heterocycles. The van der Waals surface area contributed by atoms with Crippen molar-refractivity contribution in [3.05, 3.63) is 400 Å². The van der Waals surface area contributed by atoms with Crippen LogP contribution in [0.4, 0.5) is 0 Å². The first kappa shape index (κ1) is 65.1. The van der Waals surface area contributed by atoms with Crippen LogP contribution in [0.15, 0.2) is 400 Å². The van der Waals surface area contributed by atoms with Crippen LogP contribution in [0, 0.1) is 0 Å². The van der Waals surface area contributed by atoms with Crippen LogP contribution in [0.1, 0.15) is 0 Å². The van der Waals surface area contributed by atoms with E-state index >= 15 is 0 Å². The van der Waals surface area contributed by atoms with Gasteiger partial charge in [-0.05, 0) is 150 Å². The minimum atomic E-state index is 0.629. The largest absolute Gasteiger partial charge is 0.309 e. The third-order valence-electron chi connectivity index (χ3n) is 21.5. The molecule has 0 saturated heterocycles. The van der Waals surface area contributed by atoms with Gasteiger partial charge in [0.15, 0.2) is 34.9 Å². The highest BCUT2D eigenvalue weighted by Gasteiger charge is 2.22. The third kappa shape index (κ3) is 11.5. The fraction of sp³-hybridized carbons (Fsp3) is 0. The zero-order chi connectivity index (χ0) is 74.0. The topological polar surface area (TPSA) is 97.1 Å². The van der Waals surface area contributed by atoms with Crippen molar-refractivity contribution in [1.29, 1.82) is 0 Å². The second-order valence-electron chi connectivity index (χ2n) is 28.2. The van der Waals surface area contributed by atoms with Gasteiger partial charge in [0.05, 0.1) is 44.1 Å². The van der Waals surface area contributed by atoms with Crippen molar-refractivity contribution in [2.75, 3.05) is 0 Å². The Morgan fingerprint density at radius 1 is 0.125 bits per heavy atom. The van der Waals surface area contributed by atoms with Gasteiger partial charge in [-0.15, -0.1) is 0 Å². The highest BCUT2D eigenvalue weighted by molar-refractivity contribution is 6.15. The average molecular weight is 1430 g/mol. The van der Waals surface area contributed by atoms with Crippen LogP contribution in [0.2, 0.25) is 0 Å². The van der Waals surface area contributed by atoms with Crippen molar-refractivity contribution in [2.24, 2.45) is 0 Å². The van der Waals surface area contributed by atoms with Crippen LogP contribution in [0.25, 0.3) is 201 Å². The summed E-state index contributed by atoms with van der Waals surface area (Å²) in [7, 11) is 0. The molecule has 0 N–H and O–H groups in total. The van der Waals surface area contributed by atoms with Gasteiger partial charge in [0.1, 0.15) is 0 Å². The SMILES string of the molecule is c1ccc(-c2nc(-c3ccccc3)nc(-c3ccc(-n4c5ccccc5c5cc(-c6ccc7c(c6)c6ccccc6n7-c6ccccc6)ccc54)cc3)n2)cc1.c1ccc(-c2nc(-c3ccccc3)nc(-c3cccc(-n4c5ccccc5c5ccc(-c6ccc7c(c6)c6ccccc6n7-c6ccccc6)cc54)c3)n2)cc1. The summed E-state index contributed by atoms with van der Waals surface area (Å²) in [6.45, 7) is 0. The fourth-order valence-corrected chi connectivity index (χ4v) is 16.3. The minimum absolute atomic E-state index is 0.629. The lowest BCUT2D eigenvalue weighted by Gasteiger charge is -2.12. The standard InChI is InChI=1S/2C51H33N5/c1-4-15-34(16-5-1)49-52-50(35-17-6-2-7-18-35)54-51(53-49)38-19-14-22-40(31-38)56-45-25-12-10-23-41(45)43-29-27-37(33-48(43)56)36-28-30-47-44(32-36)42-24-11-13-26-46(42)55(47)39-20-8-3-9-21-39;1-4-14-34(15-5-1)49-52-50(35-16-6-2-7-17-35)54-51(53-49)36-24-28-40(29-25-36)56-46-23-13-11-21-42(46)44-33-38(27-31-48(44)56)37-26-30-47-43(32-37)41-20-10-12-22-45(41)55(47)39-18-8-3-9-19-39/h2*1-33H. The highest BCUT2D eigenvalue weighted by atomic mass is 15.1. The lowest BCUT2D eigenvalue weighted by molar-refractivity contribution is 1.07. The first-order valence-electron chi connectivity index (χ1n) is 37.7. The molecule has 0 fully saturated rings. The van der Waals surface area contributed by atoms with Gasteiger partial charge in [0.2, 0.25) is 0 Å². The summed E-state index contributed by atoms with van der Waals surface area (Å²) >= 11 is 0. The summed E-state index contributed by atoms with van der Waals surface area (Å²) in [5.74, 6) is 3.86. The second-order valence-corrected chi connectivity index (χ2v) is 28.2. The molecular weight excluding hydrogens is 1370 g/mol. The lowest BCUT2D eigenvalue weighted by Crippen LogP contribution is -2.01. The van der Waals surface area contributed by atoms with Gasteiger partial charge in [-0.25, -0.2) is 29.9 Å². The van der Waals surface area contributed by atoms with Crippen molar-refractivity contribution in [3.63, 3.8) is 0 Å². The third-order valence-corrected chi connectivity index (χ3v) is 21.5. The molecule has 10 nitrogen and oxygen atoms in total. The van der Waals surface area contributed by atoms with Crippen molar-refractivity contribution in [2.45, 2.75) is 0 Å². The second kappa shape index (κ2) is 27.5. The van der Waals surface area contributed by atoms with Gasteiger partial charge in [0, 0.05) is 99.2 Å². The van der Waals surface area contributed by atoms with Crippen LogP contribution in [0.3, 0.4) is 0 Å². The molecule has 0 amide bonds. The van der Waals surface area contributed by atoms with E-state index in [1.54, 1.807) is 0 Å². The quantitative estimate of drug-likeness (QED) is 0.121. The molecule has 10 heteroatoms. The zero-order valence-electron chi connectivity index (χ0n) is 60.6. The molecule has 112 heavy (non-hydrogen) atoms. The zero-order valence-corrected chi connectivity index (χ0v) is 60.6. The van der Waals surface area contributed by atoms with Crippen LogP contribution < -0.4 is 0 Å². The Labute approximate surface area is 645 Å². The molecule has 16 aromatic carbocycles. The Kier molecular flexibility index (Phi) is 16.0. The summed E-state index contributed by atoms with van der Waals surface area (Å²) < 4.78 is 9.45. The van der Waals surface area contributed by atoms with Crippen molar-refractivity contribution in [1.82, 2.24) is 48.2 Å². The maximum Gasteiger partial charge on any atom is 0.164 e. The lowest BCUT2D eigenvalue weighted by atomic mass is 10.0. The maximum atomic E-state index is 5.03. The average Bonchev–Trinajstić information content (AvgIpc) is 1.52. The van der Waals surface area contributed by atoms with E-state index in [0.717, 1.165) is 83.8 Å². The van der Waals surface area contributed by atoms with Crippen LogP contribution in [-0.4, -0.2) is 48.2 Å². The molecule has 0 unspecified atom stereocenters. The highest BCUT2D eigenvalue weighted by Crippen LogP contribution is 2.42. The molecular formula is C102H66N10. The van der Waals surface area contributed by atoms with Gasteiger partial charge in [-0.1, -0.05) is 273 Å². The monoisotopic (exact) mass is 1430 g/mol. The summed E-state index contributed by atoms with van der Waals surface area (Å²) in [4.78, 5) is 29.8.